The van der Waals surface area contributed by atoms with Crippen LogP contribution in [-0.4, -0.2) is 29.0 Å². The van der Waals surface area contributed by atoms with Gasteiger partial charge in [0.2, 0.25) is 11.8 Å². The van der Waals surface area contributed by atoms with Crippen LogP contribution in [0.1, 0.15) is 5.56 Å². The third kappa shape index (κ3) is 3.41. The van der Waals surface area contributed by atoms with Crippen molar-refractivity contribution in [2.75, 3.05) is 24.3 Å². The zero-order valence-electron chi connectivity index (χ0n) is 11.6. The van der Waals surface area contributed by atoms with E-state index in [1.54, 1.807) is 31.1 Å². The lowest BCUT2D eigenvalue weighted by molar-refractivity contribution is -0.384. The molecule has 0 amide bonds. The number of anilines is 2. The van der Waals surface area contributed by atoms with Gasteiger partial charge in [-0.15, -0.1) is 0 Å². The molecule has 1 aromatic carbocycles. The van der Waals surface area contributed by atoms with Gasteiger partial charge in [-0.25, -0.2) is 9.37 Å². The van der Waals surface area contributed by atoms with Crippen molar-refractivity contribution in [1.29, 1.82) is 0 Å². The van der Waals surface area contributed by atoms with Gasteiger partial charge in [-0.2, -0.15) is 4.98 Å². The number of halogens is 1. The molecular weight excluding hydrogens is 277 g/mol. The van der Waals surface area contributed by atoms with Crippen LogP contribution in [0, 0.1) is 15.9 Å². The average molecular weight is 291 g/mol. The Morgan fingerprint density at radius 3 is 2.62 bits per heavy atom. The van der Waals surface area contributed by atoms with E-state index in [-0.39, 0.29) is 17.3 Å². The largest absolute Gasteiger partial charge is 0.357 e. The first kappa shape index (κ1) is 14.6. The minimum Gasteiger partial charge on any atom is -0.357 e. The van der Waals surface area contributed by atoms with Crippen molar-refractivity contribution in [3.63, 3.8) is 0 Å². The minimum atomic E-state index is -0.532. The molecule has 1 aromatic heterocycles. The van der Waals surface area contributed by atoms with Gasteiger partial charge in [0.1, 0.15) is 12.0 Å². The van der Waals surface area contributed by atoms with E-state index in [9.17, 15) is 14.5 Å². The molecule has 0 aliphatic rings. The molecule has 1 heterocycles. The van der Waals surface area contributed by atoms with Crippen LogP contribution in [0.15, 0.2) is 30.5 Å². The second-order valence-electron chi connectivity index (χ2n) is 4.39. The number of nitrogens with one attached hydrogen (secondary N) is 1. The fourth-order valence-corrected chi connectivity index (χ4v) is 1.84. The average Bonchev–Trinajstić information content (AvgIpc) is 2.48. The van der Waals surface area contributed by atoms with E-state index < -0.39 is 4.92 Å². The lowest BCUT2D eigenvalue weighted by atomic mass is 10.2. The monoisotopic (exact) mass is 291 g/mol. The van der Waals surface area contributed by atoms with Crippen LogP contribution in [0.5, 0.6) is 0 Å². The summed E-state index contributed by atoms with van der Waals surface area (Å²) in [5.74, 6) is 0.164. The maximum atomic E-state index is 12.9. The molecule has 0 aliphatic heterocycles. The Bertz CT molecular complexity index is 648. The lowest BCUT2D eigenvalue weighted by Crippen LogP contribution is -2.20. The molecule has 0 unspecified atom stereocenters. The van der Waals surface area contributed by atoms with Crippen LogP contribution in [0.2, 0.25) is 0 Å². The molecule has 8 heteroatoms. The molecule has 0 atom stereocenters. The molecule has 0 saturated heterocycles. The van der Waals surface area contributed by atoms with E-state index in [1.807, 2.05) is 0 Å². The summed E-state index contributed by atoms with van der Waals surface area (Å²) in [4.78, 5) is 20.1. The van der Waals surface area contributed by atoms with Gasteiger partial charge in [-0.3, -0.25) is 10.1 Å². The molecule has 7 nitrogen and oxygen atoms in total. The summed E-state index contributed by atoms with van der Waals surface area (Å²) < 4.78 is 12.9. The standard InChI is InChI=1S/C13H14FN5O2/c1-15-13-16-7-11(19(20)21)12(17-13)18(2)8-9-3-5-10(14)6-4-9/h3-7H,8H2,1-2H3,(H,15,16,17). The summed E-state index contributed by atoms with van der Waals surface area (Å²) in [6.45, 7) is 0.362. The van der Waals surface area contributed by atoms with Crippen molar-refractivity contribution in [3.05, 3.63) is 52.0 Å². The van der Waals surface area contributed by atoms with Crippen LogP contribution in [0.3, 0.4) is 0 Å². The van der Waals surface area contributed by atoms with Gasteiger partial charge in [0.15, 0.2) is 0 Å². The first-order chi connectivity index (χ1) is 10.0. The van der Waals surface area contributed by atoms with Gasteiger partial charge in [-0.1, -0.05) is 12.1 Å². The van der Waals surface area contributed by atoms with Crippen LogP contribution in [0.4, 0.5) is 21.8 Å². The Balaban J connectivity index is 2.30. The van der Waals surface area contributed by atoms with E-state index in [4.69, 9.17) is 0 Å². The normalized spacial score (nSPS) is 10.2. The summed E-state index contributed by atoms with van der Waals surface area (Å²) >= 11 is 0. The Morgan fingerprint density at radius 1 is 1.38 bits per heavy atom. The van der Waals surface area contributed by atoms with Gasteiger partial charge < -0.3 is 10.2 Å². The summed E-state index contributed by atoms with van der Waals surface area (Å²) in [6.07, 6.45) is 1.16. The number of hydrogen-bond donors (Lipinski definition) is 1. The van der Waals surface area contributed by atoms with E-state index in [1.165, 1.54) is 12.1 Å². The number of aromatic nitrogens is 2. The first-order valence-electron chi connectivity index (χ1n) is 6.16. The highest BCUT2D eigenvalue weighted by Gasteiger charge is 2.20. The van der Waals surface area contributed by atoms with Crippen molar-refractivity contribution >= 4 is 17.5 Å². The predicted octanol–water partition coefficient (Wildman–Crippen LogP) is 2.20. The van der Waals surface area contributed by atoms with E-state index in [0.29, 0.717) is 12.5 Å². The van der Waals surface area contributed by atoms with Crippen LogP contribution in [0.25, 0.3) is 0 Å². The predicted molar refractivity (Wildman–Crippen MR) is 76.7 cm³/mol. The Labute approximate surface area is 120 Å². The highest BCUT2D eigenvalue weighted by molar-refractivity contribution is 5.58. The highest BCUT2D eigenvalue weighted by atomic mass is 19.1. The number of nitro groups is 1. The smallest absolute Gasteiger partial charge is 0.329 e. The summed E-state index contributed by atoms with van der Waals surface area (Å²) in [6, 6.07) is 5.93. The Kier molecular flexibility index (Phi) is 4.27. The topological polar surface area (TPSA) is 84.2 Å². The molecule has 110 valence electrons. The molecular formula is C13H14FN5O2. The van der Waals surface area contributed by atoms with Crippen molar-refractivity contribution in [3.8, 4) is 0 Å². The van der Waals surface area contributed by atoms with Gasteiger partial charge in [0.25, 0.3) is 0 Å². The number of rotatable bonds is 5. The molecule has 2 rings (SSSR count). The van der Waals surface area contributed by atoms with Crippen LogP contribution >= 0.6 is 0 Å². The minimum absolute atomic E-state index is 0.182. The summed E-state index contributed by atoms with van der Waals surface area (Å²) in [5.41, 5.74) is 0.636. The van der Waals surface area contributed by atoms with Crippen molar-refractivity contribution in [1.82, 2.24) is 9.97 Å². The Hall–Kier alpha value is -2.77. The van der Waals surface area contributed by atoms with Crippen LogP contribution < -0.4 is 10.2 Å². The van der Waals surface area contributed by atoms with Crippen molar-refractivity contribution in [2.24, 2.45) is 0 Å². The number of benzene rings is 1. The SMILES string of the molecule is CNc1ncc([N+](=O)[O-])c(N(C)Cc2ccc(F)cc2)n1. The van der Waals surface area contributed by atoms with E-state index in [0.717, 1.165) is 11.8 Å². The number of hydrogen-bond acceptors (Lipinski definition) is 6. The zero-order chi connectivity index (χ0) is 15.4. The molecule has 2 aromatic rings. The molecule has 0 aliphatic carbocycles. The summed E-state index contributed by atoms with van der Waals surface area (Å²) in [7, 11) is 3.31. The summed E-state index contributed by atoms with van der Waals surface area (Å²) in [5, 5.41) is 13.8. The van der Waals surface area contributed by atoms with Crippen molar-refractivity contribution in [2.45, 2.75) is 6.54 Å². The molecule has 1 N–H and O–H groups in total. The second kappa shape index (κ2) is 6.12. The van der Waals surface area contributed by atoms with Gasteiger partial charge in [-0.05, 0) is 17.7 Å². The first-order valence-corrected chi connectivity index (χ1v) is 6.16. The molecule has 0 saturated carbocycles. The van der Waals surface area contributed by atoms with Gasteiger partial charge >= 0.3 is 5.69 Å². The molecule has 21 heavy (non-hydrogen) atoms. The number of nitrogens with zero attached hydrogens (tertiary/aromatic N) is 4. The molecule has 0 spiro atoms. The molecule has 0 radical (unpaired) electrons. The quantitative estimate of drug-likeness (QED) is 0.671. The van der Waals surface area contributed by atoms with E-state index in [2.05, 4.69) is 15.3 Å². The lowest BCUT2D eigenvalue weighted by Gasteiger charge is -2.18. The zero-order valence-corrected chi connectivity index (χ0v) is 11.6. The van der Waals surface area contributed by atoms with Crippen molar-refractivity contribution < 1.29 is 9.31 Å². The van der Waals surface area contributed by atoms with E-state index >= 15 is 0 Å². The molecule has 0 bridgehead atoms. The maximum Gasteiger partial charge on any atom is 0.329 e. The van der Waals surface area contributed by atoms with Gasteiger partial charge in [0.05, 0.1) is 4.92 Å². The van der Waals surface area contributed by atoms with Crippen LogP contribution in [-0.2, 0) is 6.54 Å². The third-order valence-corrected chi connectivity index (χ3v) is 2.86. The Morgan fingerprint density at radius 2 is 2.05 bits per heavy atom. The fourth-order valence-electron chi connectivity index (χ4n) is 1.84. The third-order valence-electron chi connectivity index (χ3n) is 2.86. The molecule has 0 fully saturated rings. The highest BCUT2D eigenvalue weighted by Crippen LogP contribution is 2.26. The maximum absolute atomic E-state index is 12.9. The van der Waals surface area contributed by atoms with Gasteiger partial charge in [0, 0.05) is 20.6 Å². The fraction of sp³-hybridized carbons (Fsp3) is 0.231. The second-order valence-corrected chi connectivity index (χ2v) is 4.39.